The lowest BCUT2D eigenvalue weighted by Gasteiger charge is -2.30. The summed E-state index contributed by atoms with van der Waals surface area (Å²) in [6, 6.07) is 16.8. The maximum Gasteiger partial charge on any atom is 0.230 e. The molecule has 0 saturated carbocycles. The van der Waals surface area contributed by atoms with E-state index < -0.39 is 0 Å². The zero-order chi connectivity index (χ0) is 17.8. The Hall–Kier alpha value is -2.53. The van der Waals surface area contributed by atoms with Crippen molar-refractivity contribution in [2.75, 3.05) is 19.6 Å². The third kappa shape index (κ3) is 3.99. The second kappa shape index (κ2) is 7.79. The van der Waals surface area contributed by atoms with Gasteiger partial charge in [0, 0.05) is 18.0 Å². The van der Waals surface area contributed by atoms with E-state index in [0.29, 0.717) is 17.6 Å². The molecule has 0 unspecified atom stereocenters. The molecule has 0 spiro atoms. The van der Waals surface area contributed by atoms with Crippen LogP contribution >= 0.6 is 0 Å². The van der Waals surface area contributed by atoms with Gasteiger partial charge in [-0.15, -0.1) is 0 Å². The number of rotatable bonds is 5. The second-order valence-electron chi connectivity index (χ2n) is 6.81. The first kappa shape index (κ1) is 16.9. The maximum absolute atomic E-state index is 13.0. The predicted molar refractivity (Wildman–Crippen MR) is 98.3 cm³/mol. The Labute approximate surface area is 152 Å². The number of hydrogen-bond donors (Lipinski definition) is 0. The van der Waals surface area contributed by atoms with E-state index >= 15 is 0 Å². The molecule has 4 rings (SSSR count). The number of likely N-dealkylation sites (tertiary alicyclic amines) is 1. The highest BCUT2D eigenvalue weighted by atomic mass is 19.1. The minimum Gasteiger partial charge on any atom is -0.339 e. The molecule has 1 fully saturated rings. The van der Waals surface area contributed by atoms with Crippen LogP contribution in [0.4, 0.5) is 4.39 Å². The molecule has 1 aliphatic rings. The van der Waals surface area contributed by atoms with Crippen molar-refractivity contribution in [3.63, 3.8) is 0 Å². The largest absolute Gasteiger partial charge is 0.339 e. The SMILES string of the molecule is Fc1ccc(-c2noc(C3CCN(CCc4ccccc4)CC3)n2)cc1. The van der Waals surface area contributed by atoms with Crippen molar-refractivity contribution in [2.45, 2.75) is 25.2 Å². The molecule has 1 saturated heterocycles. The van der Waals surface area contributed by atoms with E-state index in [9.17, 15) is 4.39 Å². The van der Waals surface area contributed by atoms with Gasteiger partial charge in [0.25, 0.3) is 0 Å². The lowest BCUT2D eigenvalue weighted by Crippen LogP contribution is -2.34. The summed E-state index contributed by atoms with van der Waals surface area (Å²) in [5, 5.41) is 4.06. The first-order valence-corrected chi connectivity index (χ1v) is 9.14. The topological polar surface area (TPSA) is 42.2 Å². The third-order valence-electron chi connectivity index (χ3n) is 5.04. The Kier molecular flexibility index (Phi) is 5.07. The van der Waals surface area contributed by atoms with Crippen molar-refractivity contribution in [1.29, 1.82) is 0 Å². The van der Waals surface area contributed by atoms with E-state index in [0.717, 1.165) is 44.5 Å². The standard InChI is InChI=1S/C21H22FN3O/c22-19-8-6-17(7-9-19)20-23-21(26-24-20)18-11-14-25(15-12-18)13-10-16-4-2-1-3-5-16/h1-9,18H,10-15H2. The molecular formula is C21H22FN3O. The Balaban J connectivity index is 1.31. The van der Waals surface area contributed by atoms with Crippen LogP contribution in [0.25, 0.3) is 11.4 Å². The van der Waals surface area contributed by atoms with Gasteiger partial charge < -0.3 is 9.42 Å². The molecule has 1 aromatic heterocycles. The average molecular weight is 351 g/mol. The number of piperidine rings is 1. The fraction of sp³-hybridized carbons (Fsp3) is 0.333. The van der Waals surface area contributed by atoms with E-state index in [4.69, 9.17) is 4.52 Å². The molecule has 2 heterocycles. The minimum absolute atomic E-state index is 0.264. The molecule has 0 N–H and O–H groups in total. The highest BCUT2D eigenvalue weighted by molar-refractivity contribution is 5.53. The fourth-order valence-electron chi connectivity index (χ4n) is 3.45. The smallest absolute Gasteiger partial charge is 0.230 e. The van der Waals surface area contributed by atoms with Crippen molar-refractivity contribution in [3.8, 4) is 11.4 Å². The summed E-state index contributed by atoms with van der Waals surface area (Å²) in [5.41, 5.74) is 2.16. The monoisotopic (exact) mass is 351 g/mol. The van der Waals surface area contributed by atoms with Crippen LogP contribution in [0.2, 0.25) is 0 Å². The first-order chi connectivity index (χ1) is 12.8. The van der Waals surface area contributed by atoms with Crippen molar-refractivity contribution in [2.24, 2.45) is 0 Å². The highest BCUT2D eigenvalue weighted by Crippen LogP contribution is 2.28. The molecule has 0 atom stereocenters. The number of aromatic nitrogens is 2. The van der Waals surface area contributed by atoms with Gasteiger partial charge in [-0.3, -0.25) is 0 Å². The molecule has 3 aromatic rings. The minimum atomic E-state index is -0.264. The summed E-state index contributed by atoms with van der Waals surface area (Å²) < 4.78 is 18.5. The normalized spacial score (nSPS) is 16.0. The summed E-state index contributed by atoms with van der Waals surface area (Å²) >= 11 is 0. The summed E-state index contributed by atoms with van der Waals surface area (Å²) in [6.07, 6.45) is 3.14. The quantitative estimate of drug-likeness (QED) is 0.687. The molecule has 0 bridgehead atoms. The Morgan fingerprint density at radius 3 is 2.46 bits per heavy atom. The van der Waals surface area contributed by atoms with Gasteiger partial charge in [0.15, 0.2) is 0 Å². The molecule has 4 nitrogen and oxygen atoms in total. The van der Waals surface area contributed by atoms with E-state index in [1.165, 1.54) is 17.7 Å². The number of halogens is 1. The zero-order valence-corrected chi connectivity index (χ0v) is 14.6. The molecular weight excluding hydrogens is 329 g/mol. The highest BCUT2D eigenvalue weighted by Gasteiger charge is 2.25. The van der Waals surface area contributed by atoms with Crippen LogP contribution in [0.1, 0.15) is 30.2 Å². The summed E-state index contributed by atoms with van der Waals surface area (Å²) in [6.45, 7) is 3.18. The number of benzene rings is 2. The Morgan fingerprint density at radius 2 is 1.73 bits per heavy atom. The van der Waals surface area contributed by atoms with Crippen LogP contribution in [0.15, 0.2) is 59.1 Å². The molecule has 5 heteroatoms. The molecule has 0 aliphatic carbocycles. The number of nitrogens with zero attached hydrogens (tertiary/aromatic N) is 3. The van der Waals surface area contributed by atoms with E-state index in [1.807, 2.05) is 0 Å². The van der Waals surface area contributed by atoms with Crippen LogP contribution in [-0.2, 0) is 6.42 Å². The van der Waals surface area contributed by atoms with Crippen LogP contribution in [-0.4, -0.2) is 34.7 Å². The van der Waals surface area contributed by atoms with Crippen molar-refractivity contribution < 1.29 is 8.91 Å². The third-order valence-corrected chi connectivity index (χ3v) is 5.04. The Bertz CT molecular complexity index is 824. The molecule has 0 radical (unpaired) electrons. The van der Waals surface area contributed by atoms with Crippen LogP contribution in [0, 0.1) is 5.82 Å². The van der Waals surface area contributed by atoms with Gasteiger partial charge in [0.2, 0.25) is 11.7 Å². The van der Waals surface area contributed by atoms with Crippen LogP contribution < -0.4 is 0 Å². The maximum atomic E-state index is 13.0. The van der Waals surface area contributed by atoms with Gasteiger partial charge >= 0.3 is 0 Å². The molecule has 1 aliphatic heterocycles. The van der Waals surface area contributed by atoms with E-state index in [-0.39, 0.29) is 5.82 Å². The van der Waals surface area contributed by atoms with Crippen LogP contribution in [0.5, 0.6) is 0 Å². The first-order valence-electron chi connectivity index (χ1n) is 9.14. The predicted octanol–water partition coefficient (Wildman–Crippen LogP) is 4.30. The van der Waals surface area contributed by atoms with E-state index in [2.05, 4.69) is 45.4 Å². The van der Waals surface area contributed by atoms with Gasteiger partial charge in [0.1, 0.15) is 5.82 Å². The zero-order valence-electron chi connectivity index (χ0n) is 14.6. The van der Waals surface area contributed by atoms with Crippen LogP contribution in [0.3, 0.4) is 0 Å². The number of hydrogen-bond acceptors (Lipinski definition) is 4. The molecule has 2 aromatic carbocycles. The summed E-state index contributed by atoms with van der Waals surface area (Å²) in [5.74, 6) is 1.28. The van der Waals surface area contributed by atoms with Gasteiger partial charge in [-0.25, -0.2) is 4.39 Å². The Morgan fingerprint density at radius 1 is 1.00 bits per heavy atom. The fourth-order valence-corrected chi connectivity index (χ4v) is 3.45. The summed E-state index contributed by atoms with van der Waals surface area (Å²) in [4.78, 5) is 7.03. The second-order valence-corrected chi connectivity index (χ2v) is 6.81. The lowest BCUT2D eigenvalue weighted by molar-refractivity contribution is 0.196. The lowest BCUT2D eigenvalue weighted by atomic mass is 9.96. The van der Waals surface area contributed by atoms with Gasteiger partial charge in [0.05, 0.1) is 0 Å². The van der Waals surface area contributed by atoms with Crippen molar-refractivity contribution in [3.05, 3.63) is 71.9 Å². The summed E-state index contributed by atoms with van der Waals surface area (Å²) in [7, 11) is 0. The molecule has 0 amide bonds. The van der Waals surface area contributed by atoms with Gasteiger partial charge in [-0.1, -0.05) is 35.5 Å². The molecule has 26 heavy (non-hydrogen) atoms. The average Bonchev–Trinajstić information content (AvgIpc) is 3.18. The van der Waals surface area contributed by atoms with Crippen molar-refractivity contribution >= 4 is 0 Å². The van der Waals surface area contributed by atoms with Gasteiger partial charge in [-0.05, 0) is 62.2 Å². The molecule has 134 valence electrons. The van der Waals surface area contributed by atoms with Crippen molar-refractivity contribution in [1.82, 2.24) is 15.0 Å². The van der Waals surface area contributed by atoms with E-state index in [1.54, 1.807) is 12.1 Å². The van der Waals surface area contributed by atoms with Gasteiger partial charge in [-0.2, -0.15) is 4.98 Å².